The third-order valence-electron chi connectivity index (χ3n) is 4.11. The normalized spacial score (nSPS) is 10.5. The number of aromatic carboxylic acids is 1. The summed E-state index contributed by atoms with van der Waals surface area (Å²) in [6.45, 7) is 2.76. The Bertz CT molecular complexity index is 1020. The molecule has 2 amide bonds. The van der Waals surface area contributed by atoms with Gasteiger partial charge < -0.3 is 15.7 Å². The monoisotopic (exact) mass is 396 g/mol. The van der Waals surface area contributed by atoms with E-state index in [9.17, 15) is 14.4 Å². The second-order valence-electron chi connectivity index (χ2n) is 6.13. The first kappa shape index (κ1) is 19.8. The number of nitrogens with one attached hydrogen (secondary N) is 2. The molecule has 1 aromatic carbocycles. The summed E-state index contributed by atoms with van der Waals surface area (Å²) in [5.41, 5.74) is 1.48. The fourth-order valence-electron chi connectivity index (χ4n) is 2.61. The van der Waals surface area contributed by atoms with E-state index in [0.717, 1.165) is 0 Å². The van der Waals surface area contributed by atoms with Crippen molar-refractivity contribution in [3.05, 3.63) is 60.2 Å². The van der Waals surface area contributed by atoms with E-state index in [0.29, 0.717) is 23.6 Å². The molecule has 3 aromatic rings. The molecule has 150 valence electrons. The van der Waals surface area contributed by atoms with Gasteiger partial charge in [-0.15, -0.1) is 0 Å². The molecule has 0 radical (unpaired) electrons. The van der Waals surface area contributed by atoms with Crippen molar-refractivity contribution in [1.82, 2.24) is 19.6 Å². The molecular weight excluding hydrogens is 376 g/mol. The maximum atomic E-state index is 12.2. The largest absolute Gasteiger partial charge is 0.477 e. The second-order valence-corrected chi connectivity index (χ2v) is 6.13. The minimum absolute atomic E-state index is 0.0293. The smallest absolute Gasteiger partial charge is 0.354 e. The third-order valence-corrected chi connectivity index (χ3v) is 4.11. The summed E-state index contributed by atoms with van der Waals surface area (Å²) in [6, 6.07) is 9.67. The Hall–Kier alpha value is -3.95. The molecule has 0 bridgehead atoms. The molecule has 3 N–H and O–H groups in total. The molecule has 0 unspecified atom stereocenters. The van der Waals surface area contributed by atoms with Gasteiger partial charge in [-0.1, -0.05) is 0 Å². The Kier molecular flexibility index (Phi) is 6.03. The number of carboxylic acid groups (broad SMARTS) is 1. The van der Waals surface area contributed by atoms with Crippen LogP contribution in [0.5, 0.6) is 0 Å². The van der Waals surface area contributed by atoms with Crippen molar-refractivity contribution in [3.8, 4) is 0 Å². The van der Waals surface area contributed by atoms with E-state index in [1.54, 1.807) is 41.2 Å². The van der Waals surface area contributed by atoms with Gasteiger partial charge in [0.1, 0.15) is 5.69 Å². The van der Waals surface area contributed by atoms with Gasteiger partial charge in [0.05, 0.1) is 6.54 Å². The Morgan fingerprint density at radius 1 is 1.03 bits per heavy atom. The molecule has 3 rings (SSSR count). The molecule has 10 heteroatoms. The van der Waals surface area contributed by atoms with Crippen LogP contribution in [-0.2, 0) is 17.9 Å². The van der Waals surface area contributed by atoms with Gasteiger partial charge in [0.15, 0.2) is 5.69 Å². The van der Waals surface area contributed by atoms with Crippen LogP contribution in [0.15, 0.2) is 48.8 Å². The molecule has 29 heavy (non-hydrogen) atoms. The number of anilines is 2. The molecular formula is C19H20N6O4. The quantitative estimate of drug-likeness (QED) is 0.534. The fraction of sp³-hybridized carbons (Fsp3) is 0.211. The van der Waals surface area contributed by atoms with Crippen molar-refractivity contribution in [3.63, 3.8) is 0 Å². The van der Waals surface area contributed by atoms with Crippen LogP contribution in [-0.4, -0.2) is 42.5 Å². The van der Waals surface area contributed by atoms with Gasteiger partial charge in [-0.2, -0.15) is 10.2 Å². The second kappa shape index (κ2) is 8.83. The first-order valence-electron chi connectivity index (χ1n) is 8.96. The molecule has 0 spiro atoms. The number of benzene rings is 1. The summed E-state index contributed by atoms with van der Waals surface area (Å²) in [6.07, 6.45) is 3.18. The number of aromatic nitrogens is 4. The van der Waals surface area contributed by atoms with Gasteiger partial charge >= 0.3 is 5.97 Å². The van der Waals surface area contributed by atoms with Crippen LogP contribution in [0.2, 0.25) is 0 Å². The molecule has 0 saturated carbocycles. The number of hydrogen-bond donors (Lipinski definition) is 3. The van der Waals surface area contributed by atoms with Crippen molar-refractivity contribution in [2.45, 2.75) is 26.4 Å². The number of carboxylic acids is 1. The van der Waals surface area contributed by atoms with E-state index in [2.05, 4.69) is 20.8 Å². The number of amides is 2. The minimum Gasteiger partial charge on any atom is -0.477 e. The summed E-state index contributed by atoms with van der Waals surface area (Å²) in [5, 5.41) is 22.5. The maximum absolute atomic E-state index is 12.2. The van der Waals surface area contributed by atoms with E-state index in [4.69, 9.17) is 5.11 Å². The molecule has 0 saturated heterocycles. The summed E-state index contributed by atoms with van der Waals surface area (Å²) < 4.78 is 2.93. The lowest BCUT2D eigenvalue weighted by Crippen LogP contribution is -2.17. The maximum Gasteiger partial charge on any atom is 0.354 e. The highest BCUT2D eigenvalue weighted by atomic mass is 16.4. The van der Waals surface area contributed by atoms with E-state index in [1.807, 2.05) is 6.92 Å². The van der Waals surface area contributed by atoms with Crippen molar-refractivity contribution in [2.24, 2.45) is 0 Å². The van der Waals surface area contributed by atoms with E-state index in [-0.39, 0.29) is 30.5 Å². The van der Waals surface area contributed by atoms with Gasteiger partial charge in [-0.05, 0) is 43.3 Å². The lowest BCUT2D eigenvalue weighted by atomic mass is 10.2. The van der Waals surface area contributed by atoms with Crippen LogP contribution in [0.25, 0.3) is 0 Å². The highest BCUT2D eigenvalue weighted by molar-refractivity contribution is 6.03. The Morgan fingerprint density at radius 2 is 1.72 bits per heavy atom. The number of rotatable bonds is 8. The highest BCUT2D eigenvalue weighted by Crippen LogP contribution is 2.15. The Morgan fingerprint density at radius 3 is 2.34 bits per heavy atom. The van der Waals surface area contributed by atoms with Gasteiger partial charge in [0.25, 0.3) is 5.91 Å². The SMILES string of the molecule is CCn1ccc(C(=O)Nc2ccc(NC(=O)CCn3nccc3C(=O)O)cc2)n1. The molecule has 0 aliphatic heterocycles. The van der Waals surface area contributed by atoms with E-state index >= 15 is 0 Å². The van der Waals surface area contributed by atoms with Crippen LogP contribution < -0.4 is 10.6 Å². The van der Waals surface area contributed by atoms with Crippen LogP contribution in [0.4, 0.5) is 11.4 Å². The summed E-state index contributed by atoms with van der Waals surface area (Å²) >= 11 is 0. The number of aryl methyl sites for hydroxylation is 2. The van der Waals surface area contributed by atoms with Gasteiger partial charge in [-0.25, -0.2) is 4.79 Å². The predicted molar refractivity (Wildman–Crippen MR) is 105 cm³/mol. The van der Waals surface area contributed by atoms with E-state index < -0.39 is 5.97 Å². The topological polar surface area (TPSA) is 131 Å². The molecule has 0 atom stereocenters. The minimum atomic E-state index is -1.10. The number of carbonyl (C=O) groups excluding carboxylic acids is 2. The number of nitrogens with zero attached hydrogens (tertiary/aromatic N) is 4. The molecule has 2 heterocycles. The van der Waals surface area contributed by atoms with Crippen LogP contribution in [0.1, 0.15) is 34.3 Å². The zero-order valence-corrected chi connectivity index (χ0v) is 15.7. The first-order chi connectivity index (χ1) is 14.0. The molecule has 10 nitrogen and oxygen atoms in total. The fourth-order valence-corrected chi connectivity index (χ4v) is 2.61. The van der Waals surface area contributed by atoms with Crippen LogP contribution in [0, 0.1) is 0 Å². The van der Waals surface area contributed by atoms with Crippen molar-refractivity contribution >= 4 is 29.2 Å². The average Bonchev–Trinajstić information content (AvgIpc) is 3.37. The summed E-state index contributed by atoms with van der Waals surface area (Å²) in [7, 11) is 0. The predicted octanol–water partition coefficient (Wildman–Crippen LogP) is 2.08. The van der Waals surface area contributed by atoms with Gasteiger partial charge in [0, 0.05) is 36.7 Å². The highest BCUT2D eigenvalue weighted by Gasteiger charge is 2.12. The first-order valence-corrected chi connectivity index (χ1v) is 8.96. The Balaban J connectivity index is 1.52. The van der Waals surface area contributed by atoms with Crippen LogP contribution in [0.3, 0.4) is 0 Å². The van der Waals surface area contributed by atoms with Crippen molar-refractivity contribution in [1.29, 1.82) is 0 Å². The lowest BCUT2D eigenvalue weighted by molar-refractivity contribution is -0.116. The van der Waals surface area contributed by atoms with E-state index in [1.165, 1.54) is 16.9 Å². The van der Waals surface area contributed by atoms with Gasteiger partial charge in [-0.3, -0.25) is 19.0 Å². The zero-order valence-electron chi connectivity index (χ0n) is 15.7. The third kappa shape index (κ3) is 5.06. The summed E-state index contributed by atoms with van der Waals surface area (Å²) in [4.78, 5) is 35.3. The standard InChI is InChI=1S/C19H20N6O4/c1-2-24-11-8-15(23-24)18(27)22-14-5-3-13(4-6-14)21-17(26)9-12-25-16(19(28)29)7-10-20-25/h3-8,10-11H,2,9,12H2,1H3,(H,21,26)(H,22,27)(H,28,29). The van der Waals surface area contributed by atoms with Crippen molar-refractivity contribution < 1.29 is 19.5 Å². The molecule has 0 aliphatic carbocycles. The number of carbonyl (C=O) groups is 3. The summed E-state index contributed by atoms with van der Waals surface area (Å²) in [5.74, 6) is -1.69. The Labute approximate surface area is 166 Å². The molecule has 0 aliphatic rings. The molecule has 2 aromatic heterocycles. The lowest BCUT2D eigenvalue weighted by Gasteiger charge is -2.08. The number of hydrogen-bond acceptors (Lipinski definition) is 5. The van der Waals surface area contributed by atoms with Gasteiger partial charge in [0.2, 0.25) is 5.91 Å². The van der Waals surface area contributed by atoms with Crippen molar-refractivity contribution in [2.75, 3.05) is 10.6 Å². The van der Waals surface area contributed by atoms with Crippen LogP contribution >= 0.6 is 0 Å². The zero-order chi connectivity index (χ0) is 20.8. The molecule has 0 fully saturated rings. The average molecular weight is 396 g/mol.